The first kappa shape index (κ1) is 29.0. The quantitative estimate of drug-likeness (QED) is 0.178. The molecule has 8 heteroatoms. The summed E-state index contributed by atoms with van der Waals surface area (Å²) in [5.74, 6) is -2.29. The van der Waals surface area contributed by atoms with Crippen molar-refractivity contribution in [2.45, 2.75) is 10.8 Å². The molecule has 0 unspecified atom stereocenters. The number of fused-ring (bicyclic) bond motifs is 6. The molecule has 0 aromatic heterocycles. The number of carbonyl (C=O) groups excluding carboxylic acids is 3. The third-order valence-corrected chi connectivity index (χ3v) is 10.8. The van der Waals surface area contributed by atoms with Crippen molar-refractivity contribution in [2.75, 3.05) is 11.7 Å². The normalized spacial score (nSPS) is 25.3. The third kappa shape index (κ3) is 3.62. The number of hydrogen-bond donors (Lipinski definition) is 0. The zero-order chi connectivity index (χ0) is 32.8. The van der Waals surface area contributed by atoms with E-state index in [-0.39, 0.29) is 12.6 Å². The monoisotopic (exact) mass is 669 g/mol. The van der Waals surface area contributed by atoms with Crippen molar-refractivity contribution in [3.05, 3.63) is 160 Å². The molecule has 48 heavy (non-hydrogen) atoms. The van der Waals surface area contributed by atoms with E-state index in [9.17, 15) is 0 Å². The summed E-state index contributed by atoms with van der Waals surface area (Å²) in [7, 11) is 0. The zero-order valence-corrected chi connectivity index (χ0v) is 26.7. The highest BCUT2D eigenvalue weighted by atomic mass is 35.5. The van der Waals surface area contributed by atoms with Crippen LogP contribution in [0.3, 0.4) is 0 Å². The number of imide groups is 1. The highest BCUT2D eigenvalue weighted by Crippen LogP contribution is 2.74. The predicted molar refractivity (Wildman–Crippen MR) is 183 cm³/mol. The van der Waals surface area contributed by atoms with Crippen molar-refractivity contribution >= 4 is 57.6 Å². The Hall–Kier alpha value is -5.17. The van der Waals surface area contributed by atoms with E-state index in [2.05, 4.69) is 0 Å². The van der Waals surface area contributed by atoms with Gasteiger partial charge >= 0.3 is 0 Å². The first-order valence-corrected chi connectivity index (χ1v) is 16.3. The van der Waals surface area contributed by atoms with Gasteiger partial charge in [-0.15, -0.1) is 0 Å². The molecule has 1 saturated heterocycles. The summed E-state index contributed by atoms with van der Waals surface area (Å²) in [4.78, 5) is 47.5. The predicted octanol–water partition coefficient (Wildman–Crippen LogP) is 7.91. The number of rotatable bonds is 5. The van der Waals surface area contributed by atoms with Gasteiger partial charge in [0.15, 0.2) is 17.3 Å². The van der Waals surface area contributed by atoms with Crippen molar-refractivity contribution in [1.82, 2.24) is 0 Å². The second-order valence-corrected chi connectivity index (χ2v) is 13.3. The Morgan fingerprint density at radius 2 is 1.02 bits per heavy atom. The summed E-state index contributed by atoms with van der Waals surface area (Å²) < 4.78 is 11.1. The summed E-state index contributed by atoms with van der Waals surface area (Å²) >= 11 is 12.8. The van der Waals surface area contributed by atoms with Crippen LogP contribution in [0.1, 0.15) is 22.3 Å². The van der Waals surface area contributed by atoms with Crippen molar-refractivity contribution in [3.8, 4) is 11.5 Å². The first-order chi connectivity index (χ1) is 23.4. The fraction of sp³-hybridized carbons (Fsp3) is 0.125. The van der Waals surface area contributed by atoms with Gasteiger partial charge in [-0.25, -0.2) is 4.90 Å². The Kier molecular flexibility index (Phi) is 6.29. The fourth-order valence-electron chi connectivity index (χ4n) is 8.64. The summed E-state index contributed by atoms with van der Waals surface area (Å²) in [5, 5.41) is 0.979. The van der Waals surface area contributed by atoms with Crippen LogP contribution in [0.4, 0.5) is 5.69 Å². The SMILES string of the molecule is O=C1[C@@H]2[C@H](C(=O)N1c1ccc3c(c1)OCO3)[C@@]1(c3ccc(Cl)cc3)C(=O)[C@@]2(c2ccc(Cl)cc2)C(c2ccccc2)=C1c1ccccc1. The number of nitrogens with zero attached hydrogens (tertiary/aromatic N) is 1. The fourth-order valence-corrected chi connectivity index (χ4v) is 8.89. The van der Waals surface area contributed by atoms with Gasteiger partial charge in [0.05, 0.1) is 28.4 Å². The summed E-state index contributed by atoms with van der Waals surface area (Å²) in [6.45, 7) is 0.0462. The van der Waals surface area contributed by atoms with Gasteiger partial charge < -0.3 is 9.47 Å². The lowest BCUT2D eigenvalue weighted by Gasteiger charge is -2.39. The maximum Gasteiger partial charge on any atom is 0.239 e. The van der Waals surface area contributed by atoms with Gasteiger partial charge in [-0.3, -0.25) is 14.4 Å². The number of benzene rings is 5. The van der Waals surface area contributed by atoms with Crippen LogP contribution in [0.15, 0.2) is 127 Å². The molecule has 2 aliphatic heterocycles. The molecule has 2 heterocycles. The molecule has 0 spiro atoms. The highest BCUT2D eigenvalue weighted by molar-refractivity contribution is 6.39. The molecule has 4 aliphatic rings. The van der Waals surface area contributed by atoms with Crippen LogP contribution in [-0.2, 0) is 25.2 Å². The Labute approximate surface area is 286 Å². The Morgan fingerprint density at radius 1 is 0.562 bits per heavy atom. The zero-order valence-electron chi connectivity index (χ0n) is 25.2. The molecule has 2 bridgehead atoms. The number of Topliss-reactive ketones (excluding diaryl/α,β-unsaturated/α-hetero) is 1. The number of carbonyl (C=O) groups is 3. The number of amides is 2. The van der Waals surface area contributed by atoms with Gasteiger partial charge in [-0.05, 0) is 69.8 Å². The molecule has 5 aromatic carbocycles. The summed E-state index contributed by atoms with van der Waals surface area (Å²) in [5.41, 5.74) is 1.45. The number of ether oxygens (including phenoxy) is 2. The van der Waals surface area contributed by atoms with Gasteiger partial charge in [-0.2, -0.15) is 0 Å². The first-order valence-electron chi connectivity index (χ1n) is 15.6. The van der Waals surface area contributed by atoms with Crippen LogP contribution in [0.25, 0.3) is 11.1 Å². The van der Waals surface area contributed by atoms with E-state index in [1.165, 1.54) is 4.90 Å². The van der Waals surface area contributed by atoms with Crippen LogP contribution < -0.4 is 14.4 Å². The second kappa shape index (κ2) is 10.4. The highest BCUT2D eigenvalue weighted by Gasteiger charge is 2.82. The minimum absolute atomic E-state index is 0.0462. The van der Waals surface area contributed by atoms with Gasteiger partial charge in [0.25, 0.3) is 0 Å². The Balaban J connectivity index is 1.43. The van der Waals surface area contributed by atoms with Crippen molar-refractivity contribution in [1.29, 1.82) is 0 Å². The molecule has 2 amide bonds. The van der Waals surface area contributed by atoms with Crippen LogP contribution in [-0.4, -0.2) is 24.4 Å². The second-order valence-electron chi connectivity index (χ2n) is 12.4. The number of halogens is 2. The molecular formula is C40H25Cl2NO5. The Bertz CT molecular complexity index is 2070. The number of allylic oxidation sites excluding steroid dienone is 2. The van der Waals surface area contributed by atoms with E-state index >= 15 is 14.4 Å². The van der Waals surface area contributed by atoms with Crippen molar-refractivity contribution < 1.29 is 23.9 Å². The average Bonchev–Trinajstić information content (AvgIpc) is 3.81. The average molecular weight is 671 g/mol. The van der Waals surface area contributed by atoms with E-state index in [1.54, 1.807) is 42.5 Å². The molecule has 2 fully saturated rings. The molecular weight excluding hydrogens is 645 g/mol. The van der Waals surface area contributed by atoms with Crippen LogP contribution in [0.5, 0.6) is 11.5 Å². The van der Waals surface area contributed by atoms with Gasteiger partial charge in [0.1, 0.15) is 0 Å². The number of ketones is 1. The lowest BCUT2D eigenvalue weighted by atomic mass is 9.59. The third-order valence-electron chi connectivity index (χ3n) is 10.3. The topological polar surface area (TPSA) is 72.9 Å². The largest absolute Gasteiger partial charge is 0.454 e. The molecule has 5 aromatic rings. The van der Waals surface area contributed by atoms with E-state index in [1.807, 2.05) is 84.9 Å². The number of hydrogen-bond acceptors (Lipinski definition) is 5. The molecule has 4 atom stereocenters. The molecule has 6 nitrogen and oxygen atoms in total. The molecule has 2 aliphatic carbocycles. The molecule has 9 rings (SSSR count). The van der Waals surface area contributed by atoms with Gasteiger partial charge in [0, 0.05) is 16.1 Å². The van der Waals surface area contributed by atoms with E-state index in [0.29, 0.717) is 49.5 Å². The Morgan fingerprint density at radius 3 is 1.50 bits per heavy atom. The van der Waals surface area contributed by atoms with Gasteiger partial charge in [-0.1, -0.05) is 108 Å². The summed E-state index contributed by atoms with van der Waals surface area (Å²) in [6, 6.07) is 38.6. The lowest BCUT2D eigenvalue weighted by Crippen LogP contribution is -2.45. The minimum Gasteiger partial charge on any atom is -0.454 e. The maximum atomic E-state index is 16.0. The number of anilines is 1. The van der Waals surface area contributed by atoms with Crippen LogP contribution >= 0.6 is 23.2 Å². The van der Waals surface area contributed by atoms with Gasteiger partial charge in [0.2, 0.25) is 18.6 Å². The lowest BCUT2D eigenvalue weighted by molar-refractivity contribution is -0.130. The molecule has 234 valence electrons. The minimum atomic E-state index is -1.54. The molecule has 1 saturated carbocycles. The van der Waals surface area contributed by atoms with E-state index in [0.717, 1.165) is 11.1 Å². The molecule has 0 N–H and O–H groups in total. The van der Waals surface area contributed by atoms with Crippen LogP contribution in [0.2, 0.25) is 10.0 Å². The van der Waals surface area contributed by atoms with Crippen molar-refractivity contribution in [2.24, 2.45) is 11.8 Å². The molecule has 0 radical (unpaired) electrons. The van der Waals surface area contributed by atoms with Crippen LogP contribution in [0, 0.1) is 11.8 Å². The standard InChI is InChI=1S/C40H25Cl2NO5/c41-27-15-11-25(12-16-27)39-32(23-7-3-1-4-8-23)33(24-9-5-2-6-10-24)40(38(39)46,26-13-17-28(42)18-14-26)35-34(39)36(44)43(37(35)45)29-19-20-30-31(21-29)48-22-47-30/h1-21,34-35H,22H2/t34-,35+,39-,40-/m0/s1. The van der Waals surface area contributed by atoms with E-state index in [4.69, 9.17) is 32.7 Å². The summed E-state index contributed by atoms with van der Waals surface area (Å²) in [6.07, 6.45) is 0. The van der Waals surface area contributed by atoms with E-state index < -0.39 is 34.5 Å². The van der Waals surface area contributed by atoms with Crippen molar-refractivity contribution in [3.63, 3.8) is 0 Å². The smallest absolute Gasteiger partial charge is 0.239 e. The maximum absolute atomic E-state index is 16.0.